The molecule has 0 bridgehead atoms. The Morgan fingerprint density at radius 1 is 1.19 bits per heavy atom. The van der Waals surface area contributed by atoms with E-state index in [4.69, 9.17) is 0 Å². The van der Waals surface area contributed by atoms with Crippen molar-refractivity contribution in [3.05, 3.63) is 50.1 Å². The second-order valence-corrected chi connectivity index (χ2v) is 9.36. The summed E-state index contributed by atoms with van der Waals surface area (Å²) < 4.78 is 1.25. The van der Waals surface area contributed by atoms with Gasteiger partial charge in [0, 0.05) is 10.6 Å². The predicted molar refractivity (Wildman–Crippen MR) is 96.5 cm³/mol. The van der Waals surface area contributed by atoms with Crippen LogP contribution in [0, 0.1) is 0 Å². The van der Waals surface area contributed by atoms with Crippen LogP contribution in [0.3, 0.4) is 0 Å². The van der Waals surface area contributed by atoms with E-state index in [2.05, 4.69) is 72.3 Å². The molecule has 0 fully saturated rings. The summed E-state index contributed by atoms with van der Waals surface area (Å²) in [7, 11) is 0. The van der Waals surface area contributed by atoms with E-state index in [1.54, 1.807) is 0 Å². The molecule has 1 heterocycles. The minimum atomic E-state index is 0.217. The number of hydrogen-bond donors (Lipinski definition) is 1. The molecule has 1 aromatic heterocycles. The largest absolute Gasteiger partial charge is 0.378 e. The number of rotatable bonds is 2. The summed E-state index contributed by atoms with van der Waals surface area (Å²) in [6.07, 6.45) is 3.72. The second-order valence-electron chi connectivity index (χ2n) is 6.85. The summed E-state index contributed by atoms with van der Waals surface area (Å²) in [4.78, 5) is 1.54. The van der Waals surface area contributed by atoms with Gasteiger partial charge >= 0.3 is 0 Å². The SMILES string of the molecule is CC(C)(C)c1ccc(NC2CCCc3sc(Br)cc32)cc1. The van der Waals surface area contributed by atoms with Crippen LogP contribution in [0.25, 0.3) is 0 Å². The van der Waals surface area contributed by atoms with E-state index in [0.717, 1.165) is 0 Å². The van der Waals surface area contributed by atoms with Crippen molar-refractivity contribution in [2.45, 2.75) is 51.5 Å². The molecular weight excluding hydrogens is 342 g/mol. The molecule has 1 atom stereocenters. The molecule has 0 spiro atoms. The molecule has 112 valence electrons. The highest BCUT2D eigenvalue weighted by Crippen LogP contribution is 2.39. The Bertz CT molecular complexity index is 622. The number of halogens is 1. The topological polar surface area (TPSA) is 12.0 Å². The number of hydrogen-bond acceptors (Lipinski definition) is 2. The van der Waals surface area contributed by atoms with Crippen molar-refractivity contribution in [1.82, 2.24) is 0 Å². The zero-order valence-corrected chi connectivity index (χ0v) is 15.3. The van der Waals surface area contributed by atoms with Crippen molar-refractivity contribution < 1.29 is 0 Å². The number of anilines is 1. The Balaban J connectivity index is 1.78. The maximum Gasteiger partial charge on any atom is 0.0705 e. The van der Waals surface area contributed by atoms with Gasteiger partial charge in [-0.1, -0.05) is 32.9 Å². The Kier molecular flexibility index (Phi) is 4.15. The quantitative estimate of drug-likeness (QED) is 0.660. The van der Waals surface area contributed by atoms with Gasteiger partial charge in [0.1, 0.15) is 0 Å². The molecule has 0 saturated carbocycles. The third-order valence-electron chi connectivity index (χ3n) is 4.18. The van der Waals surface area contributed by atoms with E-state index in [1.807, 2.05) is 11.3 Å². The van der Waals surface area contributed by atoms with Gasteiger partial charge in [-0.05, 0) is 69.9 Å². The minimum Gasteiger partial charge on any atom is -0.378 e. The van der Waals surface area contributed by atoms with E-state index in [-0.39, 0.29) is 5.41 Å². The van der Waals surface area contributed by atoms with Crippen molar-refractivity contribution in [3.8, 4) is 0 Å². The van der Waals surface area contributed by atoms with Gasteiger partial charge in [-0.3, -0.25) is 0 Å². The highest BCUT2D eigenvalue weighted by Gasteiger charge is 2.22. The van der Waals surface area contributed by atoms with Gasteiger partial charge < -0.3 is 5.32 Å². The fraction of sp³-hybridized carbons (Fsp3) is 0.444. The zero-order chi connectivity index (χ0) is 15.0. The van der Waals surface area contributed by atoms with E-state index in [1.165, 1.54) is 44.7 Å². The molecular formula is C18H22BrNS. The van der Waals surface area contributed by atoms with E-state index >= 15 is 0 Å². The molecule has 0 aliphatic heterocycles. The van der Waals surface area contributed by atoms with E-state index in [0.29, 0.717) is 6.04 Å². The molecule has 1 nitrogen and oxygen atoms in total. The lowest BCUT2D eigenvalue weighted by Gasteiger charge is -2.25. The van der Waals surface area contributed by atoms with Crippen LogP contribution >= 0.6 is 27.3 Å². The van der Waals surface area contributed by atoms with Crippen LogP contribution in [-0.4, -0.2) is 0 Å². The summed E-state index contributed by atoms with van der Waals surface area (Å²) in [5, 5.41) is 3.71. The fourth-order valence-corrected chi connectivity index (χ4v) is 4.76. The van der Waals surface area contributed by atoms with E-state index < -0.39 is 0 Å². The first-order chi connectivity index (χ1) is 9.93. The van der Waals surface area contributed by atoms with Crippen LogP contribution in [0.4, 0.5) is 5.69 Å². The smallest absolute Gasteiger partial charge is 0.0705 e. The zero-order valence-electron chi connectivity index (χ0n) is 12.9. The maximum atomic E-state index is 3.71. The van der Waals surface area contributed by atoms with Crippen molar-refractivity contribution in [1.29, 1.82) is 0 Å². The van der Waals surface area contributed by atoms with Crippen molar-refractivity contribution in [2.24, 2.45) is 0 Å². The fourth-order valence-electron chi connectivity index (χ4n) is 2.94. The average Bonchev–Trinajstić information content (AvgIpc) is 2.80. The number of fused-ring (bicyclic) bond motifs is 1. The highest BCUT2D eigenvalue weighted by atomic mass is 79.9. The Hall–Kier alpha value is -0.800. The van der Waals surface area contributed by atoms with Crippen LogP contribution in [0.1, 0.15) is 55.7 Å². The molecule has 1 N–H and O–H groups in total. The van der Waals surface area contributed by atoms with Gasteiger partial charge in [-0.15, -0.1) is 11.3 Å². The first-order valence-corrected chi connectivity index (χ1v) is 9.19. The van der Waals surface area contributed by atoms with Gasteiger partial charge in [0.25, 0.3) is 0 Å². The number of nitrogens with one attached hydrogen (secondary N) is 1. The normalized spacial score (nSPS) is 18.4. The monoisotopic (exact) mass is 363 g/mol. The lowest BCUT2D eigenvalue weighted by atomic mass is 9.87. The Morgan fingerprint density at radius 3 is 2.57 bits per heavy atom. The molecule has 1 aliphatic rings. The van der Waals surface area contributed by atoms with E-state index in [9.17, 15) is 0 Å². The van der Waals surface area contributed by atoms with Crippen LogP contribution < -0.4 is 5.32 Å². The molecule has 0 amide bonds. The number of thiophene rings is 1. The molecule has 3 rings (SSSR count). The van der Waals surface area contributed by atoms with Crippen molar-refractivity contribution in [3.63, 3.8) is 0 Å². The van der Waals surface area contributed by atoms with Gasteiger partial charge in [-0.25, -0.2) is 0 Å². The van der Waals surface area contributed by atoms with Crippen LogP contribution in [-0.2, 0) is 11.8 Å². The average molecular weight is 364 g/mol. The number of benzene rings is 1. The summed E-state index contributed by atoms with van der Waals surface area (Å²) in [6.45, 7) is 6.77. The van der Waals surface area contributed by atoms with Crippen molar-refractivity contribution >= 4 is 33.0 Å². The summed E-state index contributed by atoms with van der Waals surface area (Å²) >= 11 is 5.51. The lowest BCUT2D eigenvalue weighted by Crippen LogP contribution is -2.16. The van der Waals surface area contributed by atoms with Crippen LogP contribution in [0.5, 0.6) is 0 Å². The van der Waals surface area contributed by atoms with Gasteiger partial charge in [0.15, 0.2) is 0 Å². The third-order valence-corrected chi connectivity index (χ3v) is 5.89. The van der Waals surface area contributed by atoms with Crippen LogP contribution in [0.2, 0.25) is 0 Å². The lowest BCUT2D eigenvalue weighted by molar-refractivity contribution is 0.589. The Morgan fingerprint density at radius 2 is 1.90 bits per heavy atom. The second kappa shape index (κ2) is 5.77. The summed E-state index contributed by atoms with van der Waals surface area (Å²) in [6, 6.07) is 11.7. The first-order valence-electron chi connectivity index (χ1n) is 7.59. The summed E-state index contributed by atoms with van der Waals surface area (Å²) in [5.41, 5.74) is 4.31. The molecule has 1 unspecified atom stereocenters. The van der Waals surface area contributed by atoms with Gasteiger partial charge in [0.2, 0.25) is 0 Å². The van der Waals surface area contributed by atoms with Crippen molar-refractivity contribution in [2.75, 3.05) is 5.32 Å². The maximum absolute atomic E-state index is 3.71. The molecule has 1 aromatic carbocycles. The highest BCUT2D eigenvalue weighted by molar-refractivity contribution is 9.11. The third kappa shape index (κ3) is 3.35. The standard InChI is InChI=1S/C18H22BrNS/c1-18(2,3)12-7-9-13(10-8-12)20-15-5-4-6-16-14(15)11-17(19)21-16/h7-11,15,20H,4-6H2,1-3H3. The molecule has 3 heteroatoms. The molecule has 2 aromatic rings. The molecule has 21 heavy (non-hydrogen) atoms. The molecule has 0 radical (unpaired) electrons. The van der Waals surface area contributed by atoms with Crippen LogP contribution in [0.15, 0.2) is 34.1 Å². The summed E-state index contributed by atoms with van der Waals surface area (Å²) in [5.74, 6) is 0. The first kappa shape index (κ1) is 15.1. The minimum absolute atomic E-state index is 0.217. The Labute approximate surface area is 139 Å². The molecule has 0 saturated heterocycles. The predicted octanol–water partition coefficient (Wildman–Crippen LogP) is 6.30. The molecule has 1 aliphatic carbocycles. The number of aryl methyl sites for hydroxylation is 1. The van der Waals surface area contributed by atoms with Gasteiger partial charge in [-0.2, -0.15) is 0 Å². The van der Waals surface area contributed by atoms with Gasteiger partial charge in [0.05, 0.1) is 9.83 Å².